The van der Waals surface area contributed by atoms with Gasteiger partial charge in [0.2, 0.25) is 12.4 Å². The molecule has 0 spiro atoms. The normalized spacial score (nSPS) is 28.6. The molecule has 0 unspecified atom stereocenters. The van der Waals surface area contributed by atoms with Gasteiger partial charge in [-0.3, -0.25) is 4.79 Å². The van der Waals surface area contributed by atoms with Gasteiger partial charge in [0.25, 0.3) is 0 Å². The second-order valence-electron chi connectivity index (χ2n) is 4.26. The van der Waals surface area contributed by atoms with Crippen molar-refractivity contribution in [3.05, 3.63) is 34.9 Å². The average Bonchev–Trinajstić information content (AvgIpc) is 2.94. The third-order valence-corrected chi connectivity index (χ3v) is 3.46. The fraction of sp³-hybridized carbons (Fsp3) is 0.385. The third kappa shape index (κ3) is 1.99. The third-order valence-electron chi connectivity index (χ3n) is 3.13. The first kappa shape index (κ1) is 12.4. The summed E-state index contributed by atoms with van der Waals surface area (Å²) in [7, 11) is 0. The van der Waals surface area contributed by atoms with Gasteiger partial charge < -0.3 is 14.3 Å². The number of rotatable bonds is 3. The van der Waals surface area contributed by atoms with E-state index in [1.165, 1.54) is 0 Å². The summed E-state index contributed by atoms with van der Waals surface area (Å²) < 4.78 is 10.5. The first-order chi connectivity index (χ1) is 9.22. The minimum atomic E-state index is -0.703. The summed E-state index contributed by atoms with van der Waals surface area (Å²) >= 11 is 6.12. The molecular weight excluding hydrogens is 270 g/mol. The monoisotopic (exact) mass is 281 g/mol. The molecule has 3 atom stereocenters. The summed E-state index contributed by atoms with van der Waals surface area (Å²) in [6.45, 7) is 2.26. The van der Waals surface area contributed by atoms with Gasteiger partial charge in [0.15, 0.2) is 0 Å². The number of esters is 1. The number of hydrogen-bond donors (Lipinski definition) is 0. The summed E-state index contributed by atoms with van der Waals surface area (Å²) in [5.74, 6) is -0.962. The zero-order valence-corrected chi connectivity index (χ0v) is 11.0. The SMILES string of the molecule is CCO[C@H]1OC(=O)[C@@H]2C(c3ccccc3Cl)=NO[C@H]12. The highest BCUT2D eigenvalue weighted by Crippen LogP contribution is 2.35. The van der Waals surface area contributed by atoms with Crippen LogP contribution in [-0.4, -0.2) is 30.7 Å². The Kier molecular flexibility index (Phi) is 3.16. The smallest absolute Gasteiger partial charge is 0.321 e. The van der Waals surface area contributed by atoms with Crippen molar-refractivity contribution in [1.82, 2.24) is 0 Å². The number of fused-ring (bicyclic) bond motifs is 1. The minimum Gasteiger partial charge on any atom is -0.431 e. The summed E-state index contributed by atoms with van der Waals surface area (Å²) in [6.07, 6.45) is -1.23. The lowest BCUT2D eigenvalue weighted by Gasteiger charge is -2.13. The largest absolute Gasteiger partial charge is 0.431 e. The van der Waals surface area contributed by atoms with E-state index in [0.717, 1.165) is 0 Å². The Labute approximate surface area is 115 Å². The molecule has 0 aromatic heterocycles. The van der Waals surface area contributed by atoms with Gasteiger partial charge in [-0.25, -0.2) is 0 Å². The molecule has 0 radical (unpaired) electrons. The molecule has 6 heteroatoms. The van der Waals surface area contributed by atoms with Crippen molar-refractivity contribution in [3.63, 3.8) is 0 Å². The van der Waals surface area contributed by atoms with Crippen LogP contribution in [0.15, 0.2) is 29.4 Å². The van der Waals surface area contributed by atoms with Gasteiger partial charge in [-0.05, 0) is 13.0 Å². The molecule has 2 aliphatic heterocycles. The van der Waals surface area contributed by atoms with E-state index in [1.807, 2.05) is 19.1 Å². The summed E-state index contributed by atoms with van der Waals surface area (Å²) in [4.78, 5) is 17.2. The van der Waals surface area contributed by atoms with Gasteiger partial charge in [-0.1, -0.05) is 35.0 Å². The lowest BCUT2D eigenvalue weighted by molar-refractivity contribution is -0.177. The van der Waals surface area contributed by atoms with Crippen molar-refractivity contribution in [2.24, 2.45) is 11.1 Å². The van der Waals surface area contributed by atoms with Crippen LogP contribution in [0.1, 0.15) is 12.5 Å². The zero-order chi connectivity index (χ0) is 13.4. The molecule has 0 saturated carbocycles. The predicted octanol–water partition coefficient (Wildman–Crippen LogP) is 1.98. The molecule has 1 saturated heterocycles. The number of nitrogens with zero attached hydrogens (tertiary/aromatic N) is 1. The van der Waals surface area contributed by atoms with Crippen molar-refractivity contribution in [2.75, 3.05) is 6.61 Å². The fourth-order valence-corrected chi connectivity index (χ4v) is 2.51. The van der Waals surface area contributed by atoms with Crippen LogP contribution in [-0.2, 0) is 19.1 Å². The molecule has 3 rings (SSSR count). The van der Waals surface area contributed by atoms with E-state index in [0.29, 0.717) is 22.9 Å². The Morgan fingerprint density at radius 3 is 2.95 bits per heavy atom. The molecule has 2 aliphatic rings. The van der Waals surface area contributed by atoms with E-state index in [2.05, 4.69) is 5.16 Å². The number of carbonyl (C=O) groups excluding carboxylic acids is 1. The molecule has 0 amide bonds. The molecule has 1 fully saturated rings. The van der Waals surface area contributed by atoms with Crippen LogP contribution in [0.4, 0.5) is 0 Å². The fourth-order valence-electron chi connectivity index (χ4n) is 2.28. The van der Waals surface area contributed by atoms with Crippen molar-refractivity contribution >= 4 is 23.3 Å². The number of oxime groups is 1. The van der Waals surface area contributed by atoms with Gasteiger partial charge in [0.05, 0.1) is 0 Å². The molecule has 100 valence electrons. The Morgan fingerprint density at radius 1 is 1.42 bits per heavy atom. The maximum absolute atomic E-state index is 11.9. The summed E-state index contributed by atoms with van der Waals surface area (Å²) in [5, 5.41) is 4.51. The number of ether oxygens (including phenoxy) is 2. The molecule has 1 aromatic carbocycles. The maximum atomic E-state index is 11.9. The molecule has 5 nitrogen and oxygen atoms in total. The Balaban J connectivity index is 1.91. The number of halogens is 1. The molecule has 1 aromatic rings. The Morgan fingerprint density at radius 2 is 2.21 bits per heavy atom. The number of hydrogen-bond acceptors (Lipinski definition) is 5. The second kappa shape index (κ2) is 4.83. The van der Waals surface area contributed by atoms with E-state index >= 15 is 0 Å². The highest BCUT2D eigenvalue weighted by Gasteiger charge is 2.54. The predicted molar refractivity (Wildman–Crippen MR) is 67.9 cm³/mol. The standard InChI is InChI=1S/C13H12ClNO4/c1-2-17-13-11-9(12(16)18-13)10(15-19-11)7-5-3-4-6-8(7)14/h3-6,9,11,13H,2H2,1H3/t9-,11+,13+/m1/s1. The van der Waals surface area contributed by atoms with E-state index in [1.54, 1.807) is 12.1 Å². The van der Waals surface area contributed by atoms with Crippen LogP contribution in [0.3, 0.4) is 0 Å². The molecular formula is C13H12ClNO4. The van der Waals surface area contributed by atoms with E-state index in [4.69, 9.17) is 25.9 Å². The second-order valence-corrected chi connectivity index (χ2v) is 4.67. The van der Waals surface area contributed by atoms with Crippen LogP contribution in [0.25, 0.3) is 0 Å². The van der Waals surface area contributed by atoms with E-state index in [9.17, 15) is 4.79 Å². The average molecular weight is 282 g/mol. The van der Waals surface area contributed by atoms with Crippen LogP contribution < -0.4 is 0 Å². The molecule has 2 heterocycles. The molecule has 19 heavy (non-hydrogen) atoms. The van der Waals surface area contributed by atoms with Crippen molar-refractivity contribution < 1.29 is 19.1 Å². The van der Waals surface area contributed by atoms with Crippen molar-refractivity contribution in [3.8, 4) is 0 Å². The van der Waals surface area contributed by atoms with Crippen LogP contribution >= 0.6 is 11.6 Å². The number of cyclic esters (lactones) is 1. The Hall–Kier alpha value is -1.59. The van der Waals surface area contributed by atoms with Gasteiger partial charge >= 0.3 is 5.97 Å². The number of carbonyl (C=O) groups is 1. The zero-order valence-electron chi connectivity index (χ0n) is 10.2. The van der Waals surface area contributed by atoms with Gasteiger partial charge in [0, 0.05) is 17.2 Å². The van der Waals surface area contributed by atoms with Crippen LogP contribution in [0.2, 0.25) is 5.02 Å². The maximum Gasteiger partial charge on any atom is 0.321 e. The lowest BCUT2D eigenvalue weighted by Crippen LogP contribution is -2.30. The lowest BCUT2D eigenvalue weighted by atomic mass is 9.94. The van der Waals surface area contributed by atoms with E-state index in [-0.39, 0.29) is 5.97 Å². The van der Waals surface area contributed by atoms with Gasteiger partial charge in [0.1, 0.15) is 11.6 Å². The molecule has 0 aliphatic carbocycles. The highest BCUT2D eigenvalue weighted by atomic mass is 35.5. The van der Waals surface area contributed by atoms with Crippen LogP contribution in [0.5, 0.6) is 0 Å². The Bertz CT molecular complexity index is 545. The molecule has 0 N–H and O–H groups in total. The van der Waals surface area contributed by atoms with Crippen molar-refractivity contribution in [1.29, 1.82) is 0 Å². The summed E-state index contributed by atoms with van der Waals surface area (Å²) in [5.41, 5.74) is 1.19. The van der Waals surface area contributed by atoms with E-state index < -0.39 is 18.3 Å². The quantitative estimate of drug-likeness (QED) is 0.795. The minimum absolute atomic E-state index is 0.389. The first-order valence-electron chi connectivity index (χ1n) is 6.03. The van der Waals surface area contributed by atoms with Gasteiger partial charge in [-0.2, -0.15) is 0 Å². The van der Waals surface area contributed by atoms with Crippen molar-refractivity contribution in [2.45, 2.75) is 19.3 Å². The highest BCUT2D eigenvalue weighted by molar-refractivity contribution is 6.35. The first-order valence-corrected chi connectivity index (χ1v) is 6.41. The van der Waals surface area contributed by atoms with Crippen LogP contribution in [0, 0.1) is 5.92 Å². The molecule has 0 bridgehead atoms. The summed E-state index contributed by atoms with van der Waals surface area (Å²) in [6, 6.07) is 7.19. The topological polar surface area (TPSA) is 57.1 Å². The van der Waals surface area contributed by atoms with Gasteiger partial charge in [-0.15, -0.1) is 0 Å². The number of benzene rings is 1.